The fraction of sp³-hybridized carbons (Fsp3) is 0.538. The lowest BCUT2D eigenvalue weighted by Gasteiger charge is -2.20. The first-order valence-electron chi connectivity index (χ1n) is 5.88. The van der Waals surface area contributed by atoms with Crippen LogP contribution in [0, 0.1) is 6.92 Å². The third kappa shape index (κ3) is 5.51. The summed E-state index contributed by atoms with van der Waals surface area (Å²) in [7, 11) is 0. The van der Waals surface area contributed by atoms with Crippen molar-refractivity contribution in [3.05, 3.63) is 35.4 Å². The zero-order chi connectivity index (χ0) is 13.6. The number of hydrogen-bond acceptors (Lipinski definition) is 2. The Bertz CT molecular complexity index is 348. The minimum atomic E-state index is -4.30. The summed E-state index contributed by atoms with van der Waals surface area (Å²) in [5.41, 5.74) is 1.82. The summed E-state index contributed by atoms with van der Waals surface area (Å²) in [5, 5.41) is 3.01. The lowest BCUT2D eigenvalue weighted by atomic mass is 10.1. The smallest absolute Gasteiger partial charge is 0.363 e. The van der Waals surface area contributed by atoms with E-state index in [9.17, 15) is 13.2 Å². The summed E-state index contributed by atoms with van der Waals surface area (Å²) in [6, 6.07) is 7.33. The van der Waals surface area contributed by atoms with Crippen molar-refractivity contribution in [3.63, 3.8) is 0 Å². The lowest BCUT2D eigenvalue weighted by molar-refractivity contribution is -0.185. The maximum absolute atomic E-state index is 12.2. The van der Waals surface area contributed by atoms with Crippen LogP contribution in [0.1, 0.15) is 24.2 Å². The van der Waals surface area contributed by atoms with E-state index in [1.165, 1.54) is 0 Å². The van der Waals surface area contributed by atoms with Crippen LogP contribution in [0.4, 0.5) is 13.2 Å². The van der Waals surface area contributed by atoms with Crippen LogP contribution < -0.4 is 5.32 Å². The molecule has 0 fully saturated rings. The molecule has 0 aromatic heterocycles. The van der Waals surface area contributed by atoms with Gasteiger partial charge in [-0.1, -0.05) is 36.8 Å². The van der Waals surface area contributed by atoms with E-state index in [0.29, 0.717) is 13.1 Å². The monoisotopic (exact) mass is 261 g/mol. The van der Waals surface area contributed by atoms with Crippen molar-refractivity contribution < 1.29 is 17.9 Å². The fourth-order valence-corrected chi connectivity index (χ4v) is 1.52. The molecule has 102 valence electrons. The Morgan fingerprint density at radius 1 is 1.22 bits per heavy atom. The third-order valence-corrected chi connectivity index (χ3v) is 2.48. The highest BCUT2D eigenvalue weighted by Gasteiger charge is 2.29. The van der Waals surface area contributed by atoms with E-state index in [2.05, 4.69) is 5.32 Å². The van der Waals surface area contributed by atoms with Crippen molar-refractivity contribution >= 4 is 0 Å². The molecule has 5 heteroatoms. The molecule has 0 aliphatic heterocycles. The summed E-state index contributed by atoms with van der Waals surface area (Å²) in [6.45, 7) is 3.67. The summed E-state index contributed by atoms with van der Waals surface area (Å²) in [4.78, 5) is 0. The van der Waals surface area contributed by atoms with E-state index in [1.807, 2.05) is 26.0 Å². The SMILES string of the molecule is CCNCC(OCC(F)(F)F)c1ccc(C)cc1. The number of alkyl halides is 3. The molecule has 0 saturated carbocycles. The van der Waals surface area contributed by atoms with Gasteiger partial charge in [0.1, 0.15) is 6.61 Å². The Balaban J connectivity index is 2.68. The number of aryl methyl sites for hydroxylation is 1. The third-order valence-electron chi connectivity index (χ3n) is 2.48. The van der Waals surface area contributed by atoms with Gasteiger partial charge in [0.15, 0.2) is 0 Å². The van der Waals surface area contributed by atoms with Gasteiger partial charge in [0.25, 0.3) is 0 Å². The second kappa shape index (κ2) is 6.75. The molecule has 0 heterocycles. The Morgan fingerprint density at radius 2 is 1.83 bits per heavy atom. The summed E-state index contributed by atoms with van der Waals surface area (Å²) in [5.74, 6) is 0. The zero-order valence-corrected chi connectivity index (χ0v) is 10.6. The van der Waals surface area contributed by atoms with E-state index in [-0.39, 0.29) is 0 Å². The summed E-state index contributed by atoms with van der Waals surface area (Å²) >= 11 is 0. The first-order chi connectivity index (χ1) is 8.42. The van der Waals surface area contributed by atoms with Crippen LogP contribution in [-0.2, 0) is 4.74 Å². The maximum Gasteiger partial charge on any atom is 0.411 e. The van der Waals surface area contributed by atoms with Crippen molar-refractivity contribution in [1.29, 1.82) is 0 Å². The van der Waals surface area contributed by atoms with E-state index in [1.54, 1.807) is 12.1 Å². The summed E-state index contributed by atoms with van der Waals surface area (Å²) in [6.07, 6.45) is -4.87. The Labute approximate surface area is 105 Å². The quantitative estimate of drug-likeness (QED) is 0.849. The largest absolute Gasteiger partial charge is 0.411 e. The van der Waals surface area contributed by atoms with Crippen molar-refractivity contribution in [2.75, 3.05) is 19.7 Å². The average Bonchev–Trinajstić information content (AvgIpc) is 2.29. The number of nitrogens with one attached hydrogen (secondary N) is 1. The zero-order valence-electron chi connectivity index (χ0n) is 10.6. The van der Waals surface area contributed by atoms with Crippen LogP contribution in [0.15, 0.2) is 24.3 Å². The number of hydrogen-bond donors (Lipinski definition) is 1. The molecular formula is C13H18F3NO. The highest BCUT2D eigenvalue weighted by Crippen LogP contribution is 2.22. The molecule has 0 aliphatic carbocycles. The highest BCUT2D eigenvalue weighted by molar-refractivity contribution is 5.23. The molecule has 0 saturated heterocycles. The molecule has 1 rings (SSSR count). The van der Waals surface area contributed by atoms with E-state index in [0.717, 1.165) is 11.1 Å². The maximum atomic E-state index is 12.2. The number of halogens is 3. The van der Waals surface area contributed by atoms with Gasteiger partial charge in [-0.05, 0) is 19.0 Å². The Morgan fingerprint density at radius 3 is 2.33 bits per heavy atom. The molecule has 0 bridgehead atoms. The minimum Gasteiger partial charge on any atom is -0.363 e. The molecule has 0 amide bonds. The standard InChI is InChI=1S/C13H18F3NO/c1-3-17-8-12(18-9-13(14,15)16)11-6-4-10(2)5-7-11/h4-7,12,17H,3,8-9H2,1-2H3. The molecule has 1 unspecified atom stereocenters. The second-order valence-electron chi connectivity index (χ2n) is 4.13. The first-order valence-corrected chi connectivity index (χ1v) is 5.88. The van der Waals surface area contributed by atoms with Crippen molar-refractivity contribution in [2.45, 2.75) is 26.1 Å². The molecule has 1 aromatic carbocycles. The van der Waals surface area contributed by atoms with Gasteiger partial charge in [-0.15, -0.1) is 0 Å². The molecular weight excluding hydrogens is 243 g/mol. The van der Waals surface area contributed by atoms with Gasteiger partial charge in [-0.3, -0.25) is 0 Å². The van der Waals surface area contributed by atoms with E-state index >= 15 is 0 Å². The van der Waals surface area contributed by atoms with Crippen molar-refractivity contribution in [2.24, 2.45) is 0 Å². The fourth-order valence-electron chi connectivity index (χ4n) is 1.52. The van der Waals surface area contributed by atoms with Crippen LogP contribution in [-0.4, -0.2) is 25.9 Å². The molecule has 18 heavy (non-hydrogen) atoms. The normalized spacial score (nSPS) is 13.6. The average molecular weight is 261 g/mol. The van der Waals surface area contributed by atoms with E-state index < -0.39 is 18.9 Å². The highest BCUT2D eigenvalue weighted by atomic mass is 19.4. The van der Waals surface area contributed by atoms with Gasteiger partial charge < -0.3 is 10.1 Å². The van der Waals surface area contributed by atoms with Crippen LogP contribution in [0.2, 0.25) is 0 Å². The number of likely N-dealkylation sites (N-methyl/N-ethyl adjacent to an activating group) is 1. The molecule has 0 aliphatic rings. The Hall–Kier alpha value is -1.07. The second-order valence-corrected chi connectivity index (χ2v) is 4.13. The van der Waals surface area contributed by atoms with E-state index in [4.69, 9.17) is 4.74 Å². The molecule has 1 atom stereocenters. The predicted octanol–water partition coefficient (Wildman–Crippen LogP) is 3.22. The number of benzene rings is 1. The van der Waals surface area contributed by atoms with Gasteiger partial charge in [-0.25, -0.2) is 0 Å². The molecule has 2 nitrogen and oxygen atoms in total. The lowest BCUT2D eigenvalue weighted by Crippen LogP contribution is -2.27. The van der Waals surface area contributed by atoms with Crippen LogP contribution >= 0.6 is 0 Å². The molecule has 0 radical (unpaired) electrons. The summed E-state index contributed by atoms with van der Waals surface area (Å²) < 4.78 is 41.5. The van der Waals surface area contributed by atoms with Crippen LogP contribution in [0.25, 0.3) is 0 Å². The number of rotatable bonds is 6. The molecule has 0 spiro atoms. The Kier molecular flexibility index (Phi) is 5.62. The van der Waals surface area contributed by atoms with Crippen molar-refractivity contribution in [3.8, 4) is 0 Å². The first kappa shape index (κ1) is 15.0. The van der Waals surface area contributed by atoms with Gasteiger partial charge in [-0.2, -0.15) is 13.2 Å². The topological polar surface area (TPSA) is 21.3 Å². The molecule has 1 aromatic rings. The van der Waals surface area contributed by atoms with Crippen LogP contribution in [0.5, 0.6) is 0 Å². The van der Waals surface area contributed by atoms with Gasteiger partial charge in [0, 0.05) is 6.54 Å². The van der Waals surface area contributed by atoms with Gasteiger partial charge >= 0.3 is 6.18 Å². The molecule has 1 N–H and O–H groups in total. The predicted molar refractivity (Wildman–Crippen MR) is 64.5 cm³/mol. The number of ether oxygens (including phenoxy) is 1. The minimum absolute atomic E-state index is 0.371. The van der Waals surface area contributed by atoms with Gasteiger partial charge in [0.05, 0.1) is 6.10 Å². The van der Waals surface area contributed by atoms with Crippen LogP contribution in [0.3, 0.4) is 0 Å². The van der Waals surface area contributed by atoms with Gasteiger partial charge in [0.2, 0.25) is 0 Å². The van der Waals surface area contributed by atoms with Crippen molar-refractivity contribution in [1.82, 2.24) is 5.32 Å².